The Morgan fingerprint density at radius 1 is 1.53 bits per heavy atom. The van der Waals surface area contributed by atoms with Gasteiger partial charge in [0.1, 0.15) is 5.78 Å². The minimum Gasteiger partial charge on any atom is -0.338 e. The fourth-order valence-electron chi connectivity index (χ4n) is 1.86. The fraction of sp³-hybridized carbons (Fsp3) is 0.692. The first-order valence-electron chi connectivity index (χ1n) is 6.17. The third kappa shape index (κ3) is 3.40. The normalized spacial score (nSPS) is 13.4. The molecule has 1 aromatic heterocycles. The molecule has 0 aliphatic rings. The highest BCUT2D eigenvalue weighted by molar-refractivity contribution is 5.84. The fourth-order valence-corrected chi connectivity index (χ4v) is 1.86. The Morgan fingerprint density at radius 3 is 2.59 bits per heavy atom. The summed E-state index contributed by atoms with van der Waals surface area (Å²) in [6.07, 6.45) is 4.93. The molecule has 1 heterocycles. The van der Waals surface area contributed by atoms with Crippen molar-refractivity contribution < 1.29 is 4.79 Å². The van der Waals surface area contributed by atoms with Crippen molar-refractivity contribution in [3.05, 3.63) is 18.2 Å². The number of ketones is 1. The van der Waals surface area contributed by atoms with Gasteiger partial charge in [0.25, 0.3) is 0 Å². The zero-order valence-electron chi connectivity index (χ0n) is 11.5. The molecule has 4 heteroatoms. The van der Waals surface area contributed by atoms with E-state index in [9.17, 15) is 4.79 Å². The minimum atomic E-state index is -0.0459. The summed E-state index contributed by atoms with van der Waals surface area (Å²) in [5, 5.41) is 0. The molecule has 0 aromatic carbocycles. The Kier molecular flexibility index (Phi) is 4.87. The highest BCUT2D eigenvalue weighted by Crippen LogP contribution is 2.12. The van der Waals surface area contributed by atoms with E-state index in [2.05, 4.69) is 23.7 Å². The molecular formula is C13H23N3O. The molecule has 0 saturated heterocycles. The third-order valence-corrected chi connectivity index (χ3v) is 3.35. The molecular weight excluding hydrogens is 214 g/mol. The van der Waals surface area contributed by atoms with Crippen LogP contribution in [0.5, 0.6) is 0 Å². The molecule has 0 N–H and O–H groups in total. The van der Waals surface area contributed by atoms with Crippen molar-refractivity contribution in [3.63, 3.8) is 0 Å². The largest absolute Gasteiger partial charge is 0.338 e. The van der Waals surface area contributed by atoms with Crippen LogP contribution >= 0.6 is 0 Å². The van der Waals surface area contributed by atoms with Crippen molar-refractivity contribution >= 4 is 5.78 Å². The van der Waals surface area contributed by atoms with E-state index in [0.29, 0.717) is 18.2 Å². The molecule has 0 aliphatic heterocycles. The van der Waals surface area contributed by atoms with Crippen LogP contribution < -0.4 is 0 Å². The molecule has 1 atom stereocenters. The van der Waals surface area contributed by atoms with Crippen LogP contribution in [0.4, 0.5) is 0 Å². The molecule has 4 nitrogen and oxygen atoms in total. The van der Waals surface area contributed by atoms with E-state index < -0.39 is 0 Å². The number of hydrogen-bond donors (Lipinski definition) is 0. The SMILES string of the molecule is CCC(=O)C(Cc1cncn1C)N(C)C(C)C. The van der Waals surface area contributed by atoms with Crippen molar-refractivity contribution in [1.29, 1.82) is 0 Å². The molecule has 96 valence electrons. The lowest BCUT2D eigenvalue weighted by Crippen LogP contribution is -2.44. The zero-order chi connectivity index (χ0) is 13.0. The number of imidazole rings is 1. The number of likely N-dealkylation sites (N-methyl/N-ethyl adjacent to an activating group) is 1. The van der Waals surface area contributed by atoms with Gasteiger partial charge in [-0.05, 0) is 20.9 Å². The van der Waals surface area contributed by atoms with Crippen molar-refractivity contribution in [1.82, 2.24) is 14.5 Å². The molecule has 1 aromatic rings. The summed E-state index contributed by atoms with van der Waals surface area (Å²) in [6.45, 7) is 6.14. The second-order valence-electron chi connectivity index (χ2n) is 4.79. The summed E-state index contributed by atoms with van der Waals surface area (Å²) in [7, 11) is 3.98. The summed E-state index contributed by atoms with van der Waals surface area (Å²) in [5.74, 6) is 0.294. The number of carbonyl (C=O) groups excluding carboxylic acids is 1. The van der Waals surface area contributed by atoms with Crippen LogP contribution in [0.2, 0.25) is 0 Å². The van der Waals surface area contributed by atoms with Crippen molar-refractivity contribution in [2.24, 2.45) is 7.05 Å². The van der Waals surface area contributed by atoms with Gasteiger partial charge in [0.05, 0.1) is 12.4 Å². The molecule has 1 rings (SSSR count). The lowest BCUT2D eigenvalue weighted by Gasteiger charge is -2.30. The summed E-state index contributed by atoms with van der Waals surface area (Å²) in [5.41, 5.74) is 1.10. The van der Waals surface area contributed by atoms with Crippen LogP contribution in [0.15, 0.2) is 12.5 Å². The first-order chi connectivity index (χ1) is 7.97. The molecule has 0 bridgehead atoms. The molecule has 0 saturated carbocycles. The number of carbonyl (C=O) groups is 1. The highest BCUT2D eigenvalue weighted by atomic mass is 16.1. The predicted molar refractivity (Wildman–Crippen MR) is 68.9 cm³/mol. The summed E-state index contributed by atoms with van der Waals surface area (Å²) in [6, 6.07) is 0.319. The van der Waals surface area contributed by atoms with Crippen molar-refractivity contribution in [2.45, 2.75) is 45.7 Å². The highest BCUT2D eigenvalue weighted by Gasteiger charge is 2.24. The second kappa shape index (κ2) is 5.96. The number of nitrogens with zero attached hydrogens (tertiary/aromatic N) is 3. The van der Waals surface area contributed by atoms with E-state index in [1.807, 2.05) is 31.8 Å². The monoisotopic (exact) mass is 237 g/mol. The maximum absolute atomic E-state index is 12.0. The number of aryl methyl sites for hydroxylation is 1. The van der Waals surface area contributed by atoms with Gasteiger partial charge in [0.2, 0.25) is 0 Å². The Balaban J connectivity index is 2.85. The quantitative estimate of drug-likeness (QED) is 0.755. The van der Waals surface area contributed by atoms with Gasteiger partial charge >= 0.3 is 0 Å². The van der Waals surface area contributed by atoms with E-state index in [4.69, 9.17) is 0 Å². The van der Waals surface area contributed by atoms with E-state index >= 15 is 0 Å². The van der Waals surface area contributed by atoms with Crippen LogP contribution in [0.3, 0.4) is 0 Å². The number of Topliss-reactive ketones (excluding diaryl/α,β-unsaturated/α-hetero) is 1. The number of aromatic nitrogens is 2. The van der Waals surface area contributed by atoms with Gasteiger partial charge in [0.15, 0.2) is 0 Å². The molecule has 0 fully saturated rings. The first-order valence-corrected chi connectivity index (χ1v) is 6.17. The zero-order valence-corrected chi connectivity index (χ0v) is 11.5. The maximum atomic E-state index is 12.0. The topological polar surface area (TPSA) is 38.1 Å². The molecule has 17 heavy (non-hydrogen) atoms. The van der Waals surface area contributed by atoms with E-state index in [-0.39, 0.29) is 6.04 Å². The Hall–Kier alpha value is -1.16. The van der Waals surface area contributed by atoms with Crippen molar-refractivity contribution in [2.75, 3.05) is 7.05 Å². The van der Waals surface area contributed by atoms with Crippen LogP contribution in [-0.4, -0.2) is 39.4 Å². The second-order valence-corrected chi connectivity index (χ2v) is 4.79. The molecule has 0 radical (unpaired) electrons. The first kappa shape index (κ1) is 13.9. The Bertz CT molecular complexity index is 370. The third-order valence-electron chi connectivity index (χ3n) is 3.35. The Labute approximate surface area is 104 Å². The Morgan fingerprint density at radius 2 is 2.18 bits per heavy atom. The van der Waals surface area contributed by atoms with Gasteiger partial charge in [-0.3, -0.25) is 9.69 Å². The van der Waals surface area contributed by atoms with Crippen LogP contribution in [0.1, 0.15) is 32.9 Å². The van der Waals surface area contributed by atoms with Gasteiger partial charge in [-0.25, -0.2) is 4.98 Å². The van der Waals surface area contributed by atoms with E-state index in [0.717, 1.165) is 12.1 Å². The van der Waals surface area contributed by atoms with Gasteiger partial charge < -0.3 is 4.57 Å². The summed E-state index contributed by atoms with van der Waals surface area (Å²) in [4.78, 5) is 18.3. The molecule has 1 unspecified atom stereocenters. The molecule has 0 amide bonds. The maximum Gasteiger partial charge on any atom is 0.150 e. The molecule has 0 aliphatic carbocycles. The van der Waals surface area contributed by atoms with E-state index in [1.54, 1.807) is 6.33 Å². The average molecular weight is 237 g/mol. The van der Waals surface area contributed by atoms with Crippen LogP contribution in [0.25, 0.3) is 0 Å². The smallest absolute Gasteiger partial charge is 0.150 e. The minimum absolute atomic E-state index is 0.0459. The lowest BCUT2D eigenvalue weighted by molar-refractivity contribution is -0.124. The van der Waals surface area contributed by atoms with Crippen LogP contribution in [0, 0.1) is 0 Å². The van der Waals surface area contributed by atoms with Crippen molar-refractivity contribution in [3.8, 4) is 0 Å². The summed E-state index contributed by atoms with van der Waals surface area (Å²) >= 11 is 0. The van der Waals surface area contributed by atoms with Gasteiger partial charge in [-0.15, -0.1) is 0 Å². The van der Waals surface area contributed by atoms with Gasteiger partial charge in [-0.2, -0.15) is 0 Å². The summed E-state index contributed by atoms with van der Waals surface area (Å²) < 4.78 is 1.98. The van der Waals surface area contributed by atoms with Gasteiger partial charge in [0, 0.05) is 37.8 Å². The number of rotatable bonds is 6. The predicted octanol–water partition coefficient (Wildman–Crippen LogP) is 1.65. The lowest BCUT2D eigenvalue weighted by atomic mass is 10.0. The van der Waals surface area contributed by atoms with Crippen LogP contribution in [-0.2, 0) is 18.3 Å². The van der Waals surface area contributed by atoms with Gasteiger partial charge in [-0.1, -0.05) is 6.92 Å². The molecule has 0 spiro atoms. The number of hydrogen-bond acceptors (Lipinski definition) is 3. The average Bonchev–Trinajstić information content (AvgIpc) is 2.69. The van der Waals surface area contributed by atoms with E-state index in [1.165, 1.54) is 0 Å². The standard InChI is InChI=1S/C13H23N3O/c1-6-13(17)12(16(5)10(2)3)7-11-8-14-9-15(11)4/h8-10,12H,6-7H2,1-5H3.